The van der Waals surface area contributed by atoms with E-state index >= 15 is 0 Å². The van der Waals surface area contributed by atoms with Crippen molar-refractivity contribution in [1.29, 1.82) is 0 Å². The molecule has 1 heterocycles. The summed E-state index contributed by atoms with van der Waals surface area (Å²) >= 11 is 2.37. The molecule has 1 aliphatic rings. The Morgan fingerprint density at radius 2 is 1.94 bits per heavy atom. The Morgan fingerprint density at radius 1 is 1.33 bits per heavy atom. The Labute approximate surface area is 123 Å². The van der Waals surface area contributed by atoms with Crippen LogP contribution in [-0.2, 0) is 5.41 Å². The van der Waals surface area contributed by atoms with E-state index in [0.29, 0.717) is 5.92 Å². The summed E-state index contributed by atoms with van der Waals surface area (Å²) in [4.78, 5) is 9.56. The highest BCUT2D eigenvalue weighted by Crippen LogP contribution is 2.46. The Bertz CT molecular complexity index is 451. The van der Waals surface area contributed by atoms with Crippen molar-refractivity contribution >= 4 is 28.4 Å². The molecule has 2 rings (SSSR count). The van der Waals surface area contributed by atoms with Gasteiger partial charge in [-0.15, -0.1) is 0 Å². The number of nitrogens with one attached hydrogen (secondary N) is 1. The summed E-state index contributed by atoms with van der Waals surface area (Å²) in [6.45, 7) is 11.9. The molecule has 2 atom stereocenters. The number of anilines is 1. The second kappa shape index (κ2) is 4.94. The summed E-state index contributed by atoms with van der Waals surface area (Å²) in [5.74, 6) is 3.35. The molecule has 0 aliphatic heterocycles. The third-order valence-corrected chi connectivity index (χ3v) is 4.39. The maximum Gasteiger partial charge on any atom is 0.143 e. The fourth-order valence-electron chi connectivity index (χ4n) is 2.09. The van der Waals surface area contributed by atoms with E-state index in [2.05, 4.69) is 62.5 Å². The normalized spacial score (nSPS) is 23.0. The van der Waals surface area contributed by atoms with Crippen molar-refractivity contribution in [2.24, 2.45) is 5.92 Å². The monoisotopic (exact) mass is 359 g/mol. The lowest BCUT2D eigenvalue weighted by Crippen LogP contribution is -2.19. The molecule has 0 amide bonds. The standard InChI is InChI=1S/C14H22IN3/c1-6-16-13-10(15)11(14(3,4)5)17-12(18-13)9-7-8(9)2/h8-9H,6-7H2,1-5H3,(H,16,17,18). The minimum atomic E-state index is 0.0660. The van der Waals surface area contributed by atoms with Gasteiger partial charge in [0.1, 0.15) is 11.6 Å². The molecule has 1 aliphatic carbocycles. The average molecular weight is 359 g/mol. The SMILES string of the molecule is CCNc1nc(C2CC2C)nc(C(C)(C)C)c1I. The minimum Gasteiger partial charge on any atom is -0.369 e. The van der Waals surface area contributed by atoms with Gasteiger partial charge in [-0.3, -0.25) is 0 Å². The van der Waals surface area contributed by atoms with Gasteiger partial charge in [0.05, 0.1) is 9.26 Å². The number of hydrogen-bond donors (Lipinski definition) is 1. The van der Waals surface area contributed by atoms with E-state index in [4.69, 9.17) is 9.97 Å². The zero-order chi connectivity index (χ0) is 13.5. The molecule has 1 fully saturated rings. The number of rotatable bonds is 3. The van der Waals surface area contributed by atoms with Crippen molar-refractivity contribution in [3.8, 4) is 0 Å². The van der Waals surface area contributed by atoms with Crippen LogP contribution < -0.4 is 5.32 Å². The van der Waals surface area contributed by atoms with E-state index < -0.39 is 0 Å². The number of aromatic nitrogens is 2. The number of halogens is 1. The quantitative estimate of drug-likeness (QED) is 0.831. The van der Waals surface area contributed by atoms with Gasteiger partial charge in [-0.25, -0.2) is 9.97 Å². The van der Waals surface area contributed by atoms with Crippen LogP contribution in [0.5, 0.6) is 0 Å². The third-order valence-electron chi connectivity index (χ3n) is 3.36. The van der Waals surface area contributed by atoms with E-state index in [1.165, 1.54) is 15.7 Å². The first-order valence-corrected chi connectivity index (χ1v) is 7.74. The van der Waals surface area contributed by atoms with Gasteiger partial charge in [0.25, 0.3) is 0 Å². The molecule has 2 unspecified atom stereocenters. The lowest BCUT2D eigenvalue weighted by Gasteiger charge is -2.22. The Morgan fingerprint density at radius 3 is 2.39 bits per heavy atom. The zero-order valence-corrected chi connectivity index (χ0v) is 14.0. The van der Waals surface area contributed by atoms with Crippen molar-refractivity contribution in [1.82, 2.24) is 9.97 Å². The summed E-state index contributed by atoms with van der Waals surface area (Å²) in [7, 11) is 0. The molecule has 3 nitrogen and oxygen atoms in total. The van der Waals surface area contributed by atoms with Crippen LogP contribution in [0.1, 0.15) is 58.5 Å². The van der Waals surface area contributed by atoms with Crippen LogP contribution in [0.15, 0.2) is 0 Å². The van der Waals surface area contributed by atoms with Crippen LogP contribution in [0.3, 0.4) is 0 Å². The Hall–Kier alpha value is -0.390. The zero-order valence-electron chi connectivity index (χ0n) is 11.8. The van der Waals surface area contributed by atoms with E-state index in [1.54, 1.807) is 0 Å². The van der Waals surface area contributed by atoms with E-state index in [1.807, 2.05) is 0 Å². The van der Waals surface area contributed by atoms with Crippen molar-refractivity contribution in [3.05, 3.63) is 15.1 Å². The van der Waals surface area contributed by atoms with E-state index in [9.17, 15) is 0 Å². The molecule has 4 heteroatoms. The topological polar surface area (TPSA) is 37.8 Å². The van der Waals surface area contributed by atoms with Gasteiger partial charge in [0.15, 0.2) is 0 Å². The molecule has 18 heavy (non-hydrogen) atoms. The van der Waals surface area contributed by atoms with Crippen molar-refractivity contribution < 1.29 is 0 Å². The molecule has 1 aromatic rings. The minimum absolute atomic E-state index is 0.0660. The van der Waals surface area contributed by atoms with Crippen LogP contribution in [0, 0.1) is 9.49 Å². The van der Waals surface area contributed by atoms with Gasteiger partial charge in [-0.2, -0.15) is 0 Å². The summed E-state index contributed by atoms with van der Waals surface area (Å²) in [6.07, 6.45) is 1.23. The smallest absolute Gasteiger partial charge is 0.143 e. The molecule has 0 bridgehead atoms. The molecule has 1 N–H and O–H groups in total. The van der Waals surface area contributed by atoms with Gasteiger partial charge >= 0.3 is 0 Å². The molecule has 0 aromatic carbocycles. The predicted octanol–water partition coefficient (Wildman–Crippen LogP) is 3.93. The number of hydrogen-bond acceptors (Lipinski definition) is 3. The highest BCUT2D eigenvalue weighted by atomic mass is 127. The molecular formula is C14H22IN3. The molecule has 1 aromatic heterocycles. The van der Waals surface area contributed by atoms with Crippen LogP contribution in [0.2, 0.25) is 0 Å². The van der Waals surface area contributed by atoms with Crippen LogP contribution >= 0.6 is 22.6 Å². The van der Waals surface area contributed by atoms with E-state index in [0.717, 1.165) is 24.1 Å². The van der Waals surface area contributed by atoms with Crippen LogP contribution in [0.4, 0.5) is 5.82 Å². The van der Waals surface area contributed by atoms with Gasteiger partial charge in [-0.05, 0) is 41.9 Å². The summed E-state index contributed by atoms with van der Waals surface area (Å²) in [5, 5.41) is 3.37. The molecule has 100 valence electrons. The number of nitrogens with zero attached hydrogens (tertiary/aromatic N) is 2. The Balaban J connectivity index is 2.47. The molecule has 1 saturated carbocycles. The van der Waals surface area contributed by atoms with E-state index in [-0.39, 0.29) is 5.41 Å². The van der Waals surface area contributed by atoms with Gasteiger partial charge in [-0.1, -0.05) is 27.7 Å². The lowest BCUT2D eigenvalue weighted by molar-refractivity contribution is 0.557. The van der Waals surface area contributed by atoms with Crippen molar-refractivity contribution in [2.75, 3.05) is 11.9 Å². The largest absolute Gasteiger partial charge is 0.369 e. The molecule has 0 spiro atoms. The Kier molecular flexibility index (Phi) is 3.85. The van der Waals surface area contributed by atoms with Crippen LogP contribution in [0.25, 0.3) is 0 Å². The molecular weight excluding hydrogens is 337 g/mol. The highest BCUT2D eigenvalue weighted by molar-refractivity contribution is 14.1. The first-order chi connectivity index (χ1) is 8.34. The fraction of sp³-hybridized carbons (Fsp3) is 0.714. The summed E-state index contributed by atoms with van der Waals surface area (Å²) in [5.41, 5.74) is 1.24. The molecule has 0 saturated heterocycles. The second-order valence-corrected chi connectivity index (χ2v) is 7.27. The maximum atomic E-state index is 4.84. The second-order valence-electron chi connectivity index (χ2n) is 6.19. The fourth-order valence-corrected chi connectivity index (χ4v) is 3.33. The van der Waals surface area contributed by atoms with Gasteiger partial charge in [0, 0.05) is 17.9 Å². The molecule has 0 radical (unpaired) electrons. The summed E-state index contributed by atoms with van der Waals surface area (Å²) < 4.78 is 1.17. The average Bonchev–Trinajstić information content (AvgIpc) is 2.97. The van der Waals surface area contributed by atoms with Gasteiger partial charge < -0.3 is 5.32 Å². The first kappa shape index (κ1) is 14.0. The lowest BCUT2D eigenvalue weighted by atomic mass is 9.92. The third kappa shape index (κ3) is 2.78. The summed E-state index contributed by atoms with van der Waals surface area (Å²) in [6, 6.07) is 0. The van der Waals surface area contributed by atoms with Crippen molar-refractivity contribution in [2.45, 2.75) is 52.4 Å². The highest BCUT2D eigenvalue weighted by Gasteiger charge is 2.38. The predicted molar refractivity (Wildman–Crippen MR) is 84.1 cm³/mol. The van der Waals surface area contributed by atoms with Gasteiger partial charge in [0.2, 0.25) is 0 Å². The maximum absolute atomic E-state index is 4.84. The van der Waals surface area contributed by atoms with Crippen molar-refractivity contribution in [3.63, 3.8) is 0 Å². The van der Waals surface area contributed by atoms with Crippen LogP contribution in [-0.4, -0.2) is 16.5 Å². The first-order valence-electron chi connectivity index (χ1n) is 6.66.